The summed E-state index contributed by atoms with van der Waals surface area (Å²) < 4.78 is 9.15. The van der Waals surface area contributed by atoms with E-state index in [1.54, 1.807) is 0 Å². The third kappa shape index (κ3) is 8.56. The molecule has 3 heteroatoms. The molecule has 0 spiro atoms. The van der Waals surface area contributed by atoms with Crippen LogP contribution in [0.4, 0.5) is 0 Å². The topological polar surface area (TPSA) is 35.5 Å². The van der Waals surface area contributed by atoms with Crippen molar-refractivity contribution in [2.24, 2.45) is 0 Å². The number of carbonyl (C=O) groups excluding carboxylic acids is 1. The van der Waals surface area contributed by atoms with Crippen molar-refractivity contribution in [1.82, 2.24) is 0 Å². The van der Waals surface area contributed by atoms with Crippen molar-refractivity contribution >= 4 is 5.97 Å². The van der Waals surface area contributed by atoms with Crippen LogP contribution in [0.2, 0.25) is 0 Å². The van der Waals surface area contributed by atoms with Gasteiger partial charge in [0.15, 0.2) is 0 Å². The van der Waals surface area contributed by atoms with Gasteiger partial charge in [0.1, 0.15) is 6.61 Å². The summed E-state index contributed by atoms with van der Waals surface area (Å²) in [6, 6.07) is 9.99. The van der Waals surface area contributed by atoms with Gasteiger partial charge in [0.25, 0.3) is 0 Å². The third-order valence-corrected chi connectivity index (χ3v) is 1.46. The van der Waals surface area contributed by atoms with Gasteiger partial charge in [-0.15, -0.1) is 0 Å². The van der Waals surface area contributed by atoms with E-state index in [0.29, 0.717) is 6.61 Å². The normalized spacial score (nSPS) is 8.06. The molecule has 3 nitrogen and oxygen atoms in total. The van der Waals surface area contributed by atoms with Crippen LogP contribution in [0.1, 0.15) is 12.5 Å². The van der Waals surface area contributed by atoms with Crippen molar-refractivity contribution in [3.05, 3.63) is 61.6 Å². The molecule has 16 heavy (non-hydrogen) atoms. The molecule has 86 valence electrons. The molecule has 0 aromatic heterocycles. The molecule has 0 bridgehead atoms. The second-order valence-corrected chi connectivity index (χ2v) is 2.74. The van der Waals surface area contributed by atoms with Crippen LogP contribution in [-0.2, 0) is 20.9 Å². The van der Waals surface area contributed by atoms with Crippen molar-refractivity contribution in [3.63, 3.8) is 0 Å². The summed E-state index contributed by atoms with van der Waals surface area (Å²) in [6.07, 6.45) is 2.55. The van der Waals surface area contributed by atoms with E-state index < -0.39 is 0 Å². The van der Waals surface area contributed by atoms with Gasteiger partial charge in [-0.3, -0.25) is 4.79 Å². The lowest BCUT2D eigenvalue weighted by molar-refractivity contribution is -0.135. The highest BCUT2D eigenvalue weighted by molar-refractivity contribution is 5.66. The standard InChI is InChI=1S/C9H10O.C4H6O2/c1-2-10-8-9-6-4-3-5-7-9;1-3-6-4(2)5/h2-7H,1,8H2;3H,1H2,2H3. The number of carbonyl (C=O) groups is 1. The summed E-state index contributed by atoms with van der Waals surface area (Å²) in [7, 11) is 0. The number of esters is 1. The first-order valence-electron chi connectivity index (χ1n) is 4.75. The highest BCUT2D eigenvalue weighted by Gasteiger charge is 1.85. The van der Waals surface area contributed by atoms with Gasteiger partial charge in [-0.2, -0.15) is 0 Å². The Bertz CT molecular complexity index is 317. The smallest absolute Gasteiger partial charge is 0.307 e. The van der Waals surface area contributed by atoms with E-state index in [1.807, 2.05) is 30.3 Å². The number of rotatable bonds is 4. The number of hydrogen-bond donors (Lipinski definition) is 0. The van der Waals surface area contributed by atoms with Gasteiger partial charge in [-0.1, -0.05) is 43.5 Å². The Morgan fingerprint density at radius 1 is 1.25 bits per heavy atom. The molecule has 1 aromatic carbocycles. The minimum atomic E-state index is -0.329. The first-order valence-corrected chi connectivity index (χ1v) is 4.75. The fraction of sp³-hybridized carbons (Fsp3) is 0.154. The highest BCUT2D eigenvalue weighted by atomic mass is 16.5. The molecule has 0 unspecified atom stereocenters. The first-order chi connectivity index (χ1) is 7.70. The van der Waals surface area contributed by atoms with Gasteiger partial charge >= 0.3 is 5.97 Å². The SMILES string of the molecule is C=COC(C)=O.C=COCc1ccccc1. The number of hydrogen-bond acceptors (Lipinski definition) is 3. The minimum Gasteiger partial charge on any atom is -0.497 e. The van der Waals surface area contributed by atoms with Gasteiger partial charge in [0.05, 0.1) is 12.5 Å². The lowest BCUT2D eigenvalue weighted by Gasteiger charge is -1.98. The molecule has 0 heterocycles. The Kier molecular flexibility index (Phi) is 8.31. The fourth-order valence-corrected chi connectivity index (χ4v) is 0.847. The number of benzene rings is 1. The minimum absolute atomic E-state index is 0.329. The third-order valence-electron chi connectivity index (χ3n) is 1.46. The molecule has 1 aromatic rings. The van der Waals surface area contributed by atoms with Crippen molar-refractivity contribution in [3.8, 4) is 0 Å². The summed E-state index contributed by atoms with van der Waals surface area (Å²) in [5.41, 5.74) is 1.17. The average molecular weight is 220 g/mol. The maximum absolute atomic E-state index is 9.75. The maximum atomic E-state index is 9.75. The molecule has 0 aliphatic rings. The van der Waals surface area contributed by atoms with Gasteiger partial charge in [-0.05, 0) is 5.56 Å². The Balaban J connectivity index is 0.000000325. The van der Waals surface area contributed by atoms with Gasteiger partial charge in [-0.25, -0.2) is 0 Å². The summed E-state index contributed by atoms with van der Waals surface area (Å²) in [5, 5.41) is 0. The van der Waals surface area contributed by atoms with E-state index in [1.165, 1.54) is 18.7 Å². The number of ether oxygens (including phenoxy) is 2. The molecule has 0 atom stereocenters. The summed E-state index contributed by atoms with van der Waals surface area (Å²) in [4.78, 5) is 9.75. The van der Waals surface area contributed by atoms with Crippen molar-refractivity contribution < 1.29 is 14.3 Å². The molecule has 0 saturated heterocycles. The van der Waals surface area contributed by atoms with Crippen molar-refractivity contribution in [1.29, 1.82) is 0 Å². The van der Waals surface area contributed by atoms with E-state index in [-0.39, 0.29) is 5.97 Å². The average Bonchev–Trinajstić information content (AvgIpc) is 2.28. The fourth-order valence-electron chi connectivity index (χ4n) is 0.847. The van der Waals surface area contributed by atoms with Crippen LogP contribution >= 0.6 is 0 Å². The van der Waals surface area contributed by atoms with E-state index >= 15 is 0 Å². The van der Waals surface area contributed by atoms with Crippen LogP contribution in [-0.4, -0.2) is 5.97 Å². The predicted octanol–water partition coefficient (Wildman–Crippen LogP) is 3.04. The van der Waals surface area contributed by atoms with E-state index in [9.17, 15) is 4.79 Å². The first kappa shape index (κ1) is 14.0. The van der Waals surface area contributed by atoms with Crippen LogP contribution in [0.5, 0.6) is 0 Å². The molecule has 0 radical (unpaired) electrons. The van der Waals surface area contributed by atoms with Gasteiger partial charge in [0.2, 0.25) is 0 Å². The summed E-state index contributed by atoms with van der Waals surface area (Å²) >= 11 is 0. The van der Waals surface area contributed by atoms with Crippen LogP contribution < -0.4 is 0 Å². The molecule has 0 fully saturated rings. The molecule has 0 N–H and O–H groups in total. The van der Waals surface area contributed by atoms with E-state index in [2.05, 4.69) is 17.9 Å². The lowest BCUT2D eigenvalue weighted by atomic mass is 10.2. The molecular weight excluding hydrogens is 204 g/mol. The Labute approximate surface area is 96.0 Å². The quantitative estimate of drug-likeness (QED) is 0.578. The predicted molar refractivity (Wildman–Crippen MR) is 63.4 cm³/mol. The second kappa shape index (κ2) is 9.52. The van der Waals surface area contributed by atoms with E-state index in [4.69, 9.17) is 4.74 Å². The zero-order chi connectivity index (χ0) is 12.2. The van der Waals surface area contributed by atoms with Crippen molar-refractivity contribution in [2.75, 3.05) is 0 Å². The molecular formula is C13H16O3. The molecule has 0 saturated carbocycles. The second-order valence-electron chi connectivity index (χ2n) is 2.74. The largest absolute Gasteiger partial charge is 0.497 e. The van der Waals surface area contributed by atoms with Crippen LogP contribution in [0.3, 0.4) is 0 Å². The van der Waals surface area contributed by atoms with Crippen molar-refractivity contribution in [2.45, 2.75) is 13.5 Å². The molecule has 1 rings (SSSR count). The summed E-state index contributed by atoms with van der Waals surface area (Å²) in [5.74, 6) is -0.329. The van der Waals surface area contributed by atoms with Crippen LogP contribution in [0.15, 0.2) is 56.0 Å². The Morgan fingerprint density at radius 2 is 1.88 bits per heavy atom. The van der Waals surface area contributed by atoms with Crippen LogP contribution in [0.25, 0.3) is 0 Å². The highest BCUT2D eigenvalue weighted by Crippen LogP contribution is 1.99. The molecule has 0 aliphatic carbocycles. The van der Waals surface area contributed by atoms with E-state index in [0.717, 1.165) is 6.26 Å². The Hall–Kier alpha value is -2.03. The van der Waals surface area contributed by atoms with Crippen LogP contribution in [0, 0.1) is 0 Å². The monoisotopic (exact) mass is 220 g/mol. The molecule has 0 aliphatic heterocycles. The zero-order valence-corrected chi connectivity index (χ0v) is 9.39. The summed E-state index contributed by atoms with van der Waals surface area (Å²) in [6.45, 7) is 8.55. The van der Waals surface area contributed by atoms with Gasteiger partial charge in [0, 0.05) is 6.92 Å². The maximum Gasteiger partial charge on any atom is 0.307 e. The van der Waals surface area contributed by atoms with Gasteiger partial charge < -0.3 is 9.47 Å². The zero-order valence-electron chi connectivity index (χ0n) is 9.39. The molecule has 0 amide bonds. The Morgan fingerprint density at radius 3 is 2.25 bits per heavy atom. The lowest BCUT2D eigenvalue weighted by Crippen LogP contribution is -1.87.